The fourth-order valence-corrected chi connectivity index (χ4v) is 2.90. The molecule has 24 heavy (non-hydrogen) atoms. The first-order valence-electron chi connectivity index (χ1n) is 7.40. The quantitative estimate of drug-likeness (QED) is 0.804. The molecule has 2 aromatic rings. The third-order valence-corrected chi connectivity index (χ3v) is 4.18. The van der Waals surface area contributed by atoms with E-state index < -0.39 is 0 Å². The van der Waals surface area contributed by atoms with Gasteiger partial charge in [0.25, 0.3) is 0 Å². The number of halogens is 2. The number of para-hydroxylation sites is 1. The van der Waals surface area contributed by atoms with Crippen molar-refractivity contribution >= 4 is 40.7 Å². The first kappa shape index (κ1) is 18.3. The van der Waals surface area contributed by atoms with Crippen LogP contribution < -0.4 is 4.90 Å². The van der Waals surface area contributed by atoms with Crippen molar-refractivity contribution in [2.24, 2.45) is 0 Å². The van der Waals surface area contributed by atoms with Crippen LogP contribution in [-0.4, -0.2) is 30.3 Å². The summed E-state index contributed by atoms with van der Waals surface area (Å²) in [5.74, 6) is -0.503. The van der Waals surface area contributed by atoms with Crippen molar-refractivity contribution in [1.82, 2.24) is 4.90 Å². The second kappa shape index (κ2) is 8.18. The van der Waals surface area contributed by atoms with Gasteiger partial charge in [0.1, 0.15) is 6.54 Å². The summed E-state index contributed by atoms with van der Waals surface area (Å²) in [6.45, 7) is 1.72. The molecular formula is C18H18Cl2N2O2. The first-order valence-corrected chi connectivity index (χ1v) is 8.15. The fraction of sp³-hybridized carbons (Fsp3) is 0.222. The van der Waals surface area contributed by atoms with Crippen LogP contribution in [0.1, 0.15) is 12.5 Å². The third kappa shape index (κ3) is 4.49. The standard InChI is InChI=1S/C18H18Cl2N2O2/c1-13(23)22(18-15(19)9-6-10-16(18)20)12-17(24)21(2)11-14-7-4-3-5-8-14/h3-10H,11-12H2,1-2H3. The molecule has 126 valence electrons. The highest BCUT2D eigenvalue weighted by Gasteiger charge is 2.22. The number of hydrogen-bond acceptors (Lipinski definition) is 2. The number of rotatable bonds is 5. The Balaban J connectivity index is 2.16. The lowest BCUT2D eigenvalue weighted by Gasteiger charge is -2.26. The van der Waals surface area contributed by atoms with Gasteiger partial charge in [-0.2, -0.15) is 0 Å². The number of benzene rings is 2. The molecule has 0 saturated carbocycles. The Morgan fingerprint density at radius 1 is 0.958 bits per heavy atom. The molecule has 0 spiro atoms. The van der Waals surface area contributed by atoms with Gasteiger partial charge in [-0.25, -0.2) is 0 Å². The van der Waals surface area contributed by atoms with Crippen molar-refractivity contribution in [1.29, 1.82) is 0 Å². The van der Waals surface area contributed by atoms with Gasteiger partial charge in [0.15, 0.2) is 0 Å². The Bertz CT molecular complexity index is 715. The van der Waals surface area contributed by atoms with Crippen molar-refractivity contribution in [3.63, 3.8) is 0 Å². The number of likely N-dealkylation sites (N-methyl/N-ethyl adjacent to an activating group) is 1. The van der Waals surface area contributed by atoms with E-state index >= 15 is 0 Å². The molecule has 0 aliphatic rings. The van der Waals surface area contributed by atoms with E-state index in [2.05, 4.69) is 0 Å². The molecule has 0 atom stereocenters. The average molecular weight is 365 g/mol. The van der Waals surface area contributed by atoms with Crippen LogP contribution in [0.15, 0.2) is 48.5 Å². The summed E-state index contributed by atoms with van der Waals surface area (Å²) in [6.07, 6.45) is 0. The van der Waals surface area contributed by atoms with Gasteiger partial charge in [0, 0.05) is 20.5 Å². The van der Waals surface area contributed by atoms with Gasteiger partial charge < -0.3 is 9.80 Å². The van der Waals surface area contributed by atoms with Gasteiger partial charge >= 0.3 is 0 Å². The molecule has 6 heteroatoms. The van der Waals surface area contributed by atoms with Crippen LogP contribution in [0.25, 0.3) is 0 Å². The normalized spacial score (nSPS) is 10.3. The molecule has 0 unspecified atom stereocenters. The molecule has 0 fully saturated rings. The van der Waals surface area contributed by atoms with E-state index in [1.54, 1.807) is 30.1 Å². The summed E-state index contributed by atoms with van der Waals surface area (Å²) in [6, 6.07) is 14.6. The highest BCUT2D eigenvalue weighted by Crippen LogP contribution is 2.33. The van der Waals surface area contributed by atoms with Crippen LogP contribution in [-0.2, 0) is 16.1 Å². The Morgan fingerprint density at radius 3 is 2.08 bits per heavy atom. The lowest BCUT2D eigenvalue weighted by molar-refractivity contribution is -0.130. The SMILES string of the molecule is CC(=O)N(CC(=O)N(C)Cc1ccccc1)c1c(Cl)cccc1Cl. The van der Waals surface area contributed by atoms with Crippen LogP contribution in [0.3, 0.4) is 0 Å². The monoisotopic (exact) mass is 364 g/mol. The lowest BCUT2D eigenvalue weighted by atomic mass is 10.2. The minimum Gasteiger partial charge on any atom is -0.340 e. The average Bonchev–Trinajstić information content (AvgIpc) is 2.54. The van der Waals surface area contributed by atoms with Crippen molar-refractivity contribution in [2.45, 2.75) is 13.5 Å². The zero-order valence-corrected chi connectivity index (χ0v) is 15.0. The molecule has 0 saturated heterocycles. The van der Waals surface area contributed by atoms with Crippen LogP contribution in [0.4, 0.5) is 5.69 Å². The largest absolute Gasteiger partial charge is 0.340 e. The van der Waals surface area contributed by atoms with E-state index in [1.165, 1.54) is 11.8 Å². The van der Waals surface area contributed by atoms with Gasteiger partial charge in [0.05, 0.1) is 15.7 Å². The van der Waals surface area contributed by atoms with E-state index in [1.807, 2.05) is 30.3 Å². The second-order valence-electron chi connectivity index (χ2n) is 5.41. The molecule has 0 radical (unpaired) electrons. The summed E-state index contributed by atoms with van der Waals surface area (Å²) >= 11 is 12.3. The summed E-state index contributed by atoms with van der Waals surface area (Å²) in [7, 11) is 1.70. The maximum atomic E-state index is 12.5. The molecule has 2 amide bonds. The highest BCUT2D eigenvalue weighted by atomic mass is 35.5. The van der Waals surface area contributed by atoms with Crippen LogP contribution in [0.2, 0.25) is 10.0 Å². The van der Waals surface area contributed by atoms with Crippen LogP contribution in [0, 0.1) is 0 Å². The van der Waals surface area contributed by atoms with Gasteiger partial charge in [-0.1, -0.05) is 59.6 Å². The number of carbonyl (C=O) groups is 2. The number of carbonyl (C=O) groups excluding carboxylic acids is 2. The molecule has 0 heterocycles. The Hall–Kier alpha value is -2.04. The van der Waals surface area contributed by atoms with Gasteiger partial charge in [-0.3, -0.25) is 9.59 Å². The first-order chi connectivity index (χ1) is 11.4. The van der Waals surface area contributed by atoms with Crippen molar-refractivity contribution in [3.8, 4) is 0 Å². The second-order valence-corrected chi connectivity index (χ2v) is 6.23. The molecule has 0 aromatic heterocycles. The summed E-state index contributed by atoms with van der Waals surface area (Å²) in [4.78, 5) is 27.4. The van der Waals surface area contributed by atoms with E-state index in [9.17, 15) is 9.59 Å². The van der Waals surface area contributed by atoms with Gasteiger partial charge in [-0.05, 0) is 17.7 Å². The Morgan fingerprint density at radius 2 is 1.54 bits per heavy atom. The van der Waals surface area contributed by atoms with Crippen LogP contribution in [0.5, 0.6) is 0 Å². The molecular weight excluding hydrogens is 347 g/mol. The molecule has 0 N–H and O–H groups in total. The highest BCUT2D eigenvalue weighted by molar-refractivity contribution is 6.40. The Labute approximate surface area is 151 Å². The summed E-state index contributed by atoms with van der Waals surface area (Å²) in [5.41, 5.74) is 1.37. The predicted molar refractivity (Wildman–Crippen MR) is 97.4 cm³/mol. The lowest BCUT2D eigenvalue weighted by Crippen LogP contribution is -2.40. The minimum absolute atomic E-state index is 0.123. The number of anilines is 1. The molecule has 4 nitrogen and oxygen atoms in total. The maximum Gasteiger partial charge on any atom is 0.242 e. The van der Waals surface area contributed by atoms with E-state index in [4.69, 9.17) is 23.2 Å². The summed E-state index contributed by atoms with van der Waals surface area (Å²) in [5, 5.41) is 0.660. The zero-order valence-electron chi connectivity index (χ0n) is 13.5. The van der Waals surface area contributed by atoms with Crippen molar-refractivity contribution in [2.75, 3.05) is 18.5 Å². The van der Waals surface area contributed by atoms with Crippen molar-refractivity contribution in [3.05, 3.63) is 64.1 Å². The van der Waals surface area contributed by atoms with Crippen molar-refractivity contribution < 1.29 is 9.59 Å². The van der Waals surface area contributed by atoms with E-state index in [0.29, 0.717) is 22.3 Å². The third-order valence-electron chi connectivity index (χ3n) is 3.57. The molecule has 0 bridgehead atoms. The number of hydrogen-bond donors (Lipinski definition) is 0. The fourth-order valence-electron chi connectivity index (χ4n) is 2.30. The van der Waals surface area contributed by atoms with Gasteiger partial charge in [-0.15, -0.1) is 0 Å². The minimum atomic E-state index is -0.300. The van der Waals surface area contributed by atoms with E-state index in [0.717, 1.165) is 5.56 Å². The van der Waals surface area contributed by atoms with E-state index in [-0.39, 0.29) is 18.4 Å². The maximum absolute atomic E-state index is 12.5. The molecule has 2 aromatic carbocycles. The topological polar surface area (TPSA) is 40.6 Å². The zero-order chi connectivity index (χ0) is 17.7. The van der Waals surface area contributed by atoms with Gasteiger partial charge in [0.2, 0.25) is 11.8 Å². The molecule has 0 aliphatic heterocycles. The molecule has 2 rings (SSSR count). The molecule has 0 aliphatic carbocycles. The smallest absolute Gasteiger partial charge is 0.242 e. The number of amides is 2. The number of nitrogens with zero attached hydrogens (tertiary/aromatic N) is 2. The Kier molecular flexibility index (Phi) is 6.23. The summed E-state index contributed by atoms with van der Waals surface area (Å²) < 4.78 is 0. The van der Waals surface area contributed by atoms with Crippen LogP contribution >= 0.6 is 23.2 Å². The predicted octanol–water partition coefficient (Wildman–Crippen LogP) is 4.00.